The summed E-state index contributed by atoms with van der Waals surface area (Å²) in [6, 6.07) is 8.77. The molecule has 0 unspecified atom stereocenters. The molecule has 0 aromatic heterocycles. The van der Waals surface area contributed by atoms with Crippen molar-refractivity contribution in [1.29, 1.82) is 0 Å². The number of aryl methyl sites for hydroxylation is 1. The van der Waals surface area contributed by atoms with Gasteiger partial charge in [-0.1, -0.05) is 12.5 Å². The summed E-state index contributed by atoms with van der Waals surface area (Å²) >= 11 is 0. The van der Waals surface area contributed by atoms with Gasteiger partial charge >= 0.3 is 0 Å². The lowest BCUT2D eigenvalue weighted by Crippen LogP contribution is -2.37. The first kappa shape index (κ1) is 22.6. The maximum absolute atomic E-state index is 13.4. The molecule has 1 amide bonds. The molecule has 7 nitrogen and oxygen atoms in total. The zero-order chi connectivity index (χ0) is 22.9. The minimum absolute atomic E-state index is 0.154. The quantitative estimate of drug-likeness (QED) is 0.687. The van der Waals surface area contributed by atoms with Crippen molar-refractivity contribution in [2.75, 3.05) is 33.9 Å². The van der Waals surface area contributed by atoms with Gasteiger partial charge in [0, 0.05) is 31.7 Å². The van der Waals surface area contributed by atoms with Crippen molar-refractivity contribution >= 4 is 15.9 Å². The van der Waals surface area contributed by atoms with Crippen LogP contribution < -0.4 is 9.47 Å². The molecule has 172 valence electrons. The molecule has 0 aliphatic carbocycles. The smallest absolute Gasteiger partial charge is 0.254 e. The molecule has 4 rings (SSSR count). The number of rotatable bonds is 5. The number of nitrogens with zero attached hydrogens (tertiary/aromatic N) is 2. The first-order chi connectivity index (χ1) is 15.3. The van der Waals surface area contributed by atoms with Gasteiger partial charge in [-0.15, -0.1) is 0 Å². The van der Waals surface area contributed by atoms with E-state index in [-0.39, 0.29) is 10.8 Å². The second kappa shape index (κ2) is 9.11. The molecule has 0 spiro atoms. The zero-order valence-electron chi connectivity index (χ0n) is 18.9. The summed E-state index contributed by atoms with van der Waals surface area (Å²) in [5.74, 6) is 1.16. The summed E-state index contributed by atoms with van der Waals surface area (Å²) < 4.78 is 38.6. The summed E-state index contributed by atoms with van der Waals surface area (Å²) in [5, 5.41) is 0. The Balaban J connectivity index is 1.61. The van der Waals surface area contributed by atoms with E-state index in [0.29, 0.717) is 49.7 Å². The average Bonchev–Trinajstić information content (AvgIpc) is 2.83. The fourth-order valence-electron chi connectivity index (χ4n) is 4.47. The molecular weight excluding hydrogens is 428 g/mol. The van der Waals surface area contributed by atoms with E-state index in [2.05, 4.69) is 0 Å². The van der Waals surface area contributed by atoms with E-state index in [1.54, 1.807) is 37.3 Å². The van der Waals surface area contributed by atoms with E-state index in [0.717, 1.165) is 36.0 Å². The molecule has 0 radical (unpaired) electrons. The number of fused-ring (bicyclic) bond motifs is 1. The van der Waals surface area contributed by atoms with Crippen molar-refractivity contribution in [2.45, 2.75) is 44.0 Å². The topological polar surface area (TPSA) is 76.1 Å². The van der Waals surface area contributed by atoms with E-state index in [9.17, 15) is 13.2 Å². The van der Waals surface area contributed by atoms with E-state index in [1.807, 2.05) is 19.1 Å². The van der Waals surface area contributed by atoms with Crippen molar-refractivity contribution in [1.82, 2.24) is 9.21 Å². The molecule has 0 atom stereocenters. The number of carbonyl (C=O) groups excluding carboxylic acids is 1. The molecule has 8 heteroatoms. The number of amides is 1. The van der Waals surface area contributed by atoms with Crippen LogP contribution >= 0.6 is 0 Å². The highest BCUT2D eigenvalue weighted by molar-refractivity contribution is 7.89. The molecule has 2 heterocycles. The van der Waals surface area contributed by atoms with Crippen molar-refractivity contribution in [3.8, 4) is 11.5 Å². The van der Waals surface area contributed by atoms with Crippen LogP contribution in [-0.2, 0) is 23.0 Å². The Morgan fingerprint density at radius 1 is 0.906 bits per heavy atom. The number of ether oxygens (including phenoxy) is 2. The summed E-state index contributed by atoms with van der Waals surface area (Å²) in [7, 11) is -0.400. The Morgan fingerprint density at radius 2 is 1.56 bits per heavy atom. The summed E-state index contributed by atoms with van der Waals surface area (Å²) in [6.07, 6.45) is 3.50. The van der Waals surface area contributed by atoms with Crippen LogP contribution in [0.3, 0.4) is 0 Å². The molecule has 2 aromatic rings. The number of carbonyl (C=O) groups is 1. The molecule has 2 aliphatic heterocycles. The van der Waals surface area contributed by atoms with Crippen LogP contribution in [0.1, 0.15) is 46.3 Å². The zero-order valence-corrected chi connectivity index (χ0v) is 19.7. The van der Waals surface area contributed by atoms with Gasteiger partial charge in [0.25, 0.3) is 5.91 Å². The number of hydrogen-bond acceptors (Lipinski definition) is 5. The molecule has 0 saturated carbocycles. The summed E-state index contributed by atoms with van der Waals surface area (Å²) in [4.78, 5) is 15.4. The summed E-state index contributed by atoms with van der Waals surface area (Å²) in [5.41, 5.74) is 3.35. The van der Waals surface area contributed by atoms with Crippen molar-refractivity contribution in [2.24, 2.45) is 0 Å². The lowest BCUT2D eigenvalue weighted by atomic mass is 9.97. The van der Waals surface area contributed by atoms with Gasteiger partial charge < -0.3 is 14.4 Å². The highest BCUT2D eigenvalue weighted by Crippen LogP contribution is 2.34. The minimum atomic E-state index is -3.60. The SMILES string of the molecule is COc1cc2c(cc1OC)CN(C(=O)c1cc(S(=O)(=O)N3CCCCC3)ccc1C)CC2. The number of hydrogen-bond donors (Lipinski definition) is 0. The second-order valence-electron chi connectivity index (χ2n) is 8.39. The lowest BCUT2D eigenvalue weighted by molar-refractivity contribution is 0.0733. The maximum Gasteiger partial charge on any atom is 0.254 e. The molecule has 2 aliphatic rings. The van der Waals surface area contributed by atoms with Gasteiger partial charge in [0.1, 0.15) is 0 Å². The first-order valence-corrected chi connectivity index (χ1v) is 12.4. The molecule has 1 saturated heterocycles. The van der Waals surface area contributed by atoms with Crippen LogP contribution in [0.4, 0.5) is 0 Å². The average molecular weight is 459 g/mol. The Hall–Kier alpha value is -2.58. The highest BCUT2D eigenvalue weighted by Gasteiger charge is 2.29. The standard InChI is InChI=1S/C24H30N2O5S/c1-17-7-8-20(32(28,29)26-10-5-4-6-11-26)15-21(17)24(27)25-12-9-18-13-22(30-2)23(31-3)14-19(18)16-25/h7-8,13-15H,4-6,9-12,16H2,1-3H3. The Labute approximate surface area is 190 Å². The predicted molar refractivity (Wildman–Crippen MR) is 122 cm³/mol. The lowest BCUT2D eigenvalue weighted by Gasteiger charge is -2.30. The number of sulfonamides is 1. The third-order valence-electron chi connectivity index (χ3n) is 6.40. The molecular formula is C24H30N2O5S. The van der Waals surface area contributed by atoms with Gasteiger partial charge in [-0.3, -0.25) is 4.79 Å². The minimum Gasteiger partial charge on any atom is -0.493 e. The van der Waals surface area contributed by atoms with E-state index >= 15 is 0 Å². The number of benzene rings is 2. The third kappa shape index (κ3) is 4.21. The first-order valence-electron chi connectivity index (χ1n) is 11.0. The fraction of sp³-hybridized carbons (Fsp3) is 0.458. The highest BCUT2D eigenvalue weighted by atomic mass is 32.2. The van der Waals surface area contributed by atoms with E-state index in [4.69, 9.17) is 9.47 Å². The van der Waals surface area contributed by atoms with E-state index < -0.39 is 10.0 Å². The van der Waals surface area contributed by atoms with Gasteiger partial charge in [-0.05, 0) is 67.1 Å². The number of piperidine rings is 1. The van der Waals surface area contributed by atoms with Gasteiger partial charge in [-0.25, -0.2) is 8.42 Å². The summed E-state index contributed by atoms with van der Waals surface area (Å²) in [6.45, 7) is 3.92. The van der Waals surface area contributed by atoms with Gasteiger partial charge in [0.15, 0.2) is 11.5 Å². The third-order valence-corrected chi connectivity index (χ3v) is 8.29. The van der Waals surface area contributed by atoms with Crippen LogP contribution in [-0.4, -0.2) is 57.4 Å². The molecule has 0 bridgehead atoms. The fourth-order valence-corrected chi connectivity index (χ4v) is 6.02. The Kier molecular flexibility index (Phi) is 6.44. The van der Waals surface area contributed by atoms with Crippen molar-refractivity contribution in [3.05, 3.63) is 52.6 Å². The van der Waals surface area contributed by atoms with Crippen LogP contribution in [0.15, 0.2) is 35.2 Å². The second-order valence-corrected chi connectivity index (χ2v) is 10.3. The maximum atomic E-state index is 13.4. The van der Waals surface area contributed by atoms with Crippen LogP contribution in [0, 0.1) is 6.92 Å². The van der Waals surface area contributed by atoms with Gasteiger partial charge in [0.05, 0.1) is 19.1 Å². The van der Waals surface area contributed by atoms with Crippen LogP contribution in [0.2, 0.25) is 0 Å². The van der Waals surface area contributed by atoms with Gasteiger partial charge in [-0.2, -0.15) is 4.31 Å². The number of methoxy groups -OCH3 is 2. The van der Waals surface area contributed by atoms with E-state index in [1.165, 1.54) is 4.31 Å². The van der Waals surface area contributed by atoms with Gasteiger partial charge in [0.2, 0.25) is 10.0 Å². The molecule has 0 N–H and O–H groups in total. The Morgan fingerprint density at radius 3 is 2.22 bits per heavy atom. The Bertz CT molecular complexity index is 1120. The normalized spacial score (nSPS) is 17.0. The largest absolute Gasteiger partial charge is 0.493 e. The van der Waals surface area contributed by atoms with Crippen LogP contribution in [0.5, 0.6) is 11.5 Å². The van der Waals surface area contributed by atoms with Crippen molar-refractivity contribution in [3.63, 3.8) is 0 Å². The molecule has 1 fully saturated rings. The van der Waals surface area contributed by atoms with Crippen LogP contribution in [0.25, 0.3) is 0 Å². The molecule has 32 heavy (non-hydrogen) atoms. The monoisotopic (exact) mass is 458 g/mol. The molecule has 2 aromatic carbocycles. The predicted octanol–water partition coefficient (Wildman–Crippen LogP) is 3.39. The van der Waals surface area contributed by atoms with Crippen molar-refractivity contribution < 1.29 is 22.7 Å².